The van der Waals surface area contributed by atoms with Crippen LogP contribution in [0.4, 0.5) is 0 Å². The van der Waals surface area contributed by atoms with E-state index in [1.165, 1.54) is 11.3 Å². The quantitative estimate of drug-likeness (QED) is 0.639. The van der Waals surface area contributed by atoms with Crippen LogP contribution in [0.3, 0.4) is 0 Å². The zero-order chi connectivity index (χ0) is 16.5. The maximum atomic E-state index is 12.6. The Bertz CT molecular complexity index is 689. The van der Waals surface area contributed by atoms with E-state index in [4.69, 9.17) is 4.74 Å². The Hall–Kier alpha value is -1.71. The van der Waals surface area contributed by atoms with Crippen LogP contribution in [-0.2, 0) is 9.53 Å². The fourth-order valence-electron chi connectivity index (χ4n) is 2.27. The number of nitrogens with one attached hydrogen (secondary N) is 1. The number of thiol groups is 1. The van der Waals surface area contributed by atoms with Crippen molar-refractivity contribution in [1.82, 2.24) is 5.32 Å². The van der Waals surface area contributed by atoms with Crippen molar-refractivity contribution in [3.05, 3.63) is 44.3 Å². The van der Waals surface area contributed by atoms with Gasteiger partial charge < -0.3 is 10.1 Å². The molecule has 2 rings (SSSR count). The van der Waals surface area contributed by atoms with Gasteiger partial charge in [0.05, 0.1) is 28.2 Å². The normalized spacial score (nSPS) is 18.8. The van der Waals surface area contributed by atoms with Gasteiger partial charge in [0.1, 0.15) is 5.60 Å². The first kappa shape index (κ1) is 16.7. The summed E-state index contributed by atoms with van der Waals surface area (Å²) in [5.41, 5.74) is 0.961. The van der Waals surface area contributed by atoms with E-state index in [0.29, 0.717) is 21.9 Å². The third-order valence-electron chi connectivity index (χ3n) is 3.11. The minimum Gasteiger partial charge on any atom is -0.457 e. The van der Waals surface area contributed by atoms with Gasteiger partial charge in [0.25, 0.3) is 0 Å². The van der Waals surface area contributed by atoms with Crippen molar-refractivity contribution in [2.75, 3.05) is 0 Å². The van der Waals surface area contributed by atoms with Crippen LogP contribution < -0.4 is 5.32 Å². The molecule has 0 amide bonds. The van der Waals surface area contributed by atoms with Gasteiger partial charge >= 0.3 is 5.97 Å². The fourth-order valence-corrected chi connectivity index (χ4v) is 3.46. The van der Waals surface area contributed by atoms with Gasteiger partial charge in [-0.2, -0.15) is 5.26 Å². The molecule has 6 heteroatoms. The second kappa shape index (κ2) is 6.19. The number of nitrogens with zero attached hydrogens (tertiary/aromatic N) is 1. The molecule has 0 aromatic carbocycles. The number of ether oxygens (including phenoxy) is 1. The molecule has 1 aliphatic heterocycles. The van der Waals surface area contributed by atoms with E-state index in [9.17, 15) is 10.1 Å². The predicted octanol–water partition coefficient (Wildman–Crippen LogP) is 3.72. The maximum Gasteiger partial charge on any atom is 0.337 e. The van der Waals surface area contributed by atoms with E-state index < -0.39 is 17.5 Å². The van der Waals surface area contributed by atoms with Crippen LogP contribution in [0.25, 0.3) is 0 Å². The molecule has 116 valence electrons. The smallest absolute Gasteiger partial charge is 0.337 e. The lowest BCUT2D eigenvalue weighted by molar-refractivity contribution is -0.150. The van der Waals surface area contributed by atoms with Crippen LogP contribution in [-0.4, -0.2) is 11.6 Å². The Kier molecular flexibility index (Phi) is 4.69. The van der Waals surface area contributed by atoms with Crippen molar-refractivity contribution >= 4 is 29.9 Å². The van der Waals surface area contributed by atoms with Crippen LogP contribution in [0.2, 0.25) is 0 Å². The van der Waals surface area contributed by atoms with Crippen LogP contribution in [0.5, 0.6) is 0 Å². The lowest BCUT2D eigenvalue weighted by atomic mass is 9.87. The number of dihydropyridines is 1. The standard InChI is InChI=1S/C16H18N2O2S2/c1-9-12(15(19)20-16(2,3)4)13(11-6-5-7-22-11)10(8-17)14(21)18-9/h5-7,13,18,21H,1-4H3. The molecule has 22 heavy (non-hydrogen) atoms. The first-order chi connectivity index (χ1) is 10.2. The zero-order valence-electron chi connectivity index (χ0n) is 12.9. The van der Waals surface area contributed by atoms with Gasteiger partial charge in [0.2, 0.25) is 0 Å². The van der Waals surface area contributed by atoms with Gasteiger partial charge in [0.15, 0.2) is 0 Å². The maximum absolute atomic E-state index is 12.6. The summed E-state index contributed by atoms with van der Waals surface area (Å²) in [6, 6.07) is 5.98. The molecule has 1 N–H and O–H groups in total. The van der Waals surface area contributed by atoms with Crippen molar-refractivity contribution in [1.29, 1.82) is 5.26 Å². The van der Waals surface area contributed by atoms with E-state index in [1.807, 2.05) is 38.3 Å². The van der Waals surface area contributed by atoms with Crippen molar-refractivity contribution < 1.29 is 9.53 Å². The van der Waals surface area contributed by atoms with E-state index in [-0.39, 0.29) is 0 Å². The molecule has 0 aliphatic carbocycles. The molecule has 1 aromatic heterocycles. The summed E-state index contributed by atoms with van der Waals surface area (Å²) >= 11 is 5.85. The van der Waals surface area contributed by atoms with E-state index in [2.05, 4.69) is 24.0 Å². The topological polar surface area (TPSA) is 62.1 Å². The predicted molar refractivity (Wildman–Crippen MR) is 90.4 cm³/mol. The molecule has 4 nitrogen and oxygen atoms in total. The number of hydrogen-bond acceptors (Lipinski definition) is 6. The Labute approximate surface area is 139 Å². The number of hydrogen-bond donors (Lipinski definition) is 2. The number of thiophene rings is 1. The van der Waals surface area contributed by atoms with Gasteiger partial charge in [-0.15, -0.1) is 24.0 Å². The summed E-state index contributed by atoms with van der Waals surface area (Å²) < 4.78 is 5.51. The first-order valence-corrected chi connectivity index (χ1v) is 8.15. The number of allylic oxidation sites excluding steroid dienone is 2. The van der Waals surface area contributed by atoms with Crippen molar-refractivity contribution in [2.45, 2.75) is 39.2 Å². The number of esters is 1. The highest BCUT2D eigenvalue weighted by Gasteiger charge is 2.36. The molecule has 1 atom stereocenters. The molecule has 1 aliphatic rings. The lowest BCUT2D eigenvalue weighted by Crippen LogP contribution is -2.32. The Morgan fingerprint density at radius 3 is 2.68 bits per heavy atom. The molecule has 0 spiro atoms. The Morgan fingerprint density at radius 1 is 1.50 bits per heavy atom. The zero-order valence-corrected chi connectivity index (χ0v) is 14.6. The monoisotopic (exact) mass is 334 g/mol. The summed E-state index contributed by atoms with van der Waals surface area (Å²) in [5, 5.41) is 14.9. The van der Waals surface area contributed by atoms with Crippen molar-refractivity contribution in [3.63, 3.8) is 0 Å². The van der Waals surface area contributed by atoms with E-state index >= 15 is 0 Å². The molecule has 2 heterocycles. The molecule has 0 saturated carbocycles. The van der Waals surface area contributed by atoms with Crippen molar-refractivity contribution in [3.8, 4) is 6.07 Å². The van der Waals surface area contributed by atoms with Crippen LogP contribution in [0.1, 0.15) is 38.5 Å². The summed E-state index contributed by atoms with van der Waals surface area (Å²) in [6.45, 7) is 7.26. The van der Waals surface area contributed by atoms with E-state index in [1.54, 1.807) is 6.92 Å². The second-order valence-corrected chi connectivity index (χ2v) is 7.41. The highest BCUT2D eigenvalue weighted by molar-refractivity contribution is 7.84. The largest absolute Gasteiger partial charge is 0.457 e. The SMILES string of the molecule is CC1=C(C(=O)OC(C)(C)C)C(c2cccs2)C(C#N)=C(S)N1. The first-order valence-electron chi connectivity index (χ1n) is 6.82. The van der Waals surface area contributed by atoms with Gasteiger partial charge in [-0.3, -0.25) is 0 Å². The second-order valence-electron chi connectivity index (χ2n) is 5.99. The summed E-state index contributed by atoms with van der Waals surface area (Å²) in [5.74, 6) is -0.849. The molecule has 1 unspecified atom stereocenters. The summed E-state index contributed by atoms with van der Waals surface area (Å²) in [6.07, 6.45) is 0. The molecule has 0 bridgehead atoms. The van der Waals surface area contributed by atoms with Crippen LogP contribution in [0, 0.1) is 11.3 Å². The van der Waals surface area contributed by atoms with Gasteiger partial charge in [-0.25, -0.2) is 4.79 Å². The van der Waals surface area contributed by atoms with Crippen LogP contribution in [0.15, 0.2) is 39.4 Å². The third kappa shape index (κ3) is 3.37. The molecular formula is C16H18N2O2S2. The lowest BCUT2D eigenvalue weighted by Gasteiger charge is -2.29. The van der Waals surface area contributed by atoms with E-state index in [0.717, 1.165) is 4.88 Å². The Balaban J connectivity index is 2.52. The fraction of sp³-hybridized carbons (Fsp3) is 0.375. The minimum atomic E-state index is -0.595. The third-order valence-corrected chi connectivity index (χ3v) is 4.40. The number of carbonyl (C=O) groups excluding carboxylic acids is 1. The van der Waals surface area contributed by atoms with Crippen LogP contribution >= 0.6 is 24.0 Å². The van der Waals surface area contributed by atoms with Crippen molar-refractivity contribution in [2.24, 2.45) is 0 Å². The highest BCUT2D eigenvalue weighted by Crippen LogP contribution is 2.41. The Morgan fingerprint density at radius 2 is 2.18 bits per heavy atom. The number of nitriles is 1. The average Bonchev–Trinajstić information content (AvgIpc) is 2.88. The minimum absolute atomic E-state index is 0.413. The highest BCUT2D eigenvalue weighted by atomic mass is 32.1. The molecular weight excluding hydrogens is 316 g/mol. The van der Waals surface area contributed by atoms with Gasteiger partial charge in [0, 0.05) is 10.6 Å². The number of rotatable bonds is 2. The molecule has 0 saturated heterocycles. The molecule has 0 radical (unpaired) electrons. The summed E-state index contributed by atoms with van der Waals surface area (Å²) in [4.78, 5) is 13.5. The molecule has 1 aromatic rings. The van der Waals surface area contributed by atoms with Gasteiger partial charge in [-0.1, -0.05) is 6.07 Å². The summed E-state index contributed by atoms with van der Waals surface area (Å²) in [7, 11) is 0. The number of carbonyl (C=O) groups is 1. The average molecular weight is 334 g/mol. The molecule has 0 fully saturated rings. The van der Waals surface area contributed by atoms with Gasteiger partial charge in [-0.05, 0) is 39.1 Å².